The molecule has 0 aliphatic carbocycles. The number of hydrogen-bond donors (Lipinski definition) is 0. The van der Waals surface area contributed by atoms with Gasteiger partial charge in [0.15, 0.2) is 0 Å². The Kier molecular flexibility index (Phi) is 19.4. The Morgan fingerprint density at radius 3 is 1.41 bits per heavy atom. The van der Waals surface area contributed by atoms with E-state index in [0.717, 1.165) is 0 Å². The molecular formula is C35H62N2. The lowest BCUT2D eigenvalue weighted by atomic mass is 10.0. The molecule has 0 saturated heterocycles. The molecule has 0 bridgehead atoms. The van der Waals surface area contributed by atoms with E-state index in [-0.39, 0.29) is 0 Å². The predicted molar refractivity (Wildman–Crippen MR) is 166 cm³/mol. The van der Waals surface area contributed by atoms with Gasteiger partial charge in [-0.05, 0) is 31.4 Å². The fourth-order valence-electron chi connectivity index (χ4n) is 5.85. The van der Waals surface area contributed by atoms with Gasteiger partial charge in [-0.3, -0.25) is 0 Å². The maximum Gasteiger partial charge on any atom is 0.105 e. The van der Waals surface area contributed by atoms with E-state index in [1.807, 2.05) is 0 Å². The minimum Gasteiger partial charge on any atom is -0.356 e. The van der Waals surface area contributed by atoms with E-state index in [2.05, 4.69) is 66.4 Å². The molecule has 0 N–H and O–H groups in total. The molecule has 212 valence electrons. The quantitative estimate of drug-likeness (QED) is 0.121. The van der Waals surface area contributed by atoms with Crippen molar-refractivity contribution in [2.45, 2.75) is 168 Å². The molecule has 1 aliphatic rings. The molecule has 0 radical (unpaired) electrons. The van der Waals surface area contributed by atoms with Crippen LogP contribution in [0.1, 0.15) is 162 Å². The standard InChI is InChI=1S/C35H62N2/c1-3-5-7-9-11-12-13-14-15-16-17-18-19-21-26-30-35-36(31-27-22-20-10-8-6-4-2)32-33-37(35)34-28-24-23-25-29-34/h23-25,28-29,32-33,35H,3-22,26-27,30-31H2,1-2H3. The van der Waals surface area contributed by atoms with Crippen molar-refractivity contribution >= 4 is 5.69 Å². The van der Waals surface area contributed by atoms with Gasteiger partial charge in [-0.25, -0.2) is 0 Å². The van der Waals surface area contributed by atoms with Gasteiger partial charge in [0, 0.05) is 24.6 Å². The zero-order valence-electron chi connectivity index (χ0n) is 25.0. The minimum absolute atomic E-state index is 0.504. The third-order valence-electron chi connectivity index (χ3n) is 8.26. The summed E-state index contributed by atoms with van der Waals surface area (Å²) in [4.78, 5) is 5.15. The Labute approximate surface area is 232 Å². The van der Waals surface area contributed by atoms with Gasteiger partial charge in [0.2, 0.25) is 0 Å². The summed E-state index contributed by atoms with van der Waals surface area (Å²) in [7, 11) is 0. The second kappa shape index (κ2) is 22.5. The first kappa shape index (κ1) is 31.8. The molecule has 1 aromatic rings. The van der Waals surface area contributed by atoms with Crippen LogP contribution in [0.15, 0.2) is 42.7 Å². The second-order valence-corrected chi connectivity index (χ2v) is 11.6. The molecule has 0 fully saturated rings. The van der Waals surface area contributed by atoms with Crippen LogP contribution in [0, 0.1) is 0 Å². The monoisotopic (exact) mass is 510 g/mol. The number of unbranched alkanes of at least 4 members (excludes halogenated alkanes) is 20. The number of para-hydroxylation sites is 1. The molecule has 1 heterocycles. The molecule has 1 unspecified atom stereocenters. The van der Waals surface area contributed by atoms with E-state index in [1.165, 1.54) is 160 Å². The van der Waals surface area contributed by atoms with Gasteiger partial charge in [0.1, 0.15) is 6.17 Å². The van der Waals surface area contributed by atoms with Crippen LogP contribution in [-0.2, 0) is 0 Å². The largest absolute Gasteiger partial charge is 0.356 e. The molecule has 1 aliphatic heterocycles. The maximum atomic E-state index is 2.63. The molecular weight excluding hydrogens is 448 g/mol. The zero-order chi connectivity index (χ0) is 26.2. The van der Waals surface area contributed by atoms with Crippen molar-refractivity contribution in [1.29, 1.82) is 0 Å². The summed E-state index contributed by atoms with van der Waals surface area (Å²) in [5, 5.41) is 0. The number of rotatable bonds is 25. The highest BCUT2D eigenvalue weighted by atomic mass is 15.4. The van der Waals surface area contributed by atoms with Gasteiger partial charge in [-0.15, -0.1) is 0 Å². The Bertz CT molecular complexity index is 640. The Morgan fingerprint density at radius 1 is 0.486 bits per heavy atom. The highest BCUT2D eigenvalue weighted by Gasteiger charge is 2.26. The summed E-state index contributed by atoms with van der Waals surface area (Å²) in [6, 6.07) is 11.0. The average molecular weight is 511 g/mol. The molecule has 0 saturated carbocycles. The first-order valence-electron chi connectivity index (χ1n) is 16.6. The third-order valence-corrected chi connectivity index (χ3v) is 8.26. The van der Waals surface area contributed by atoms with Gasteiger partial charge in [-0.2, -0.15) is 0 Å². The topological polar surface area (TPSA) is 6.48 Å². The molecule has 2 nitrogen and oxygen atoms in total. The Hall–Kier alpha value is -1.44. The number of anilines is 1. The van der Waals surface area contributed by atoms with E-state index in [4.69, 9.17) is 0 Å². The van der Waals surface area contributed by atoms with E-state index in [1.54, 1.807) is 0 Å². The smallest absolute Gasteiger partial charge is 0.105 e. The number of hydrogen-bond acceptors (Lipinski definition) is 2. The maximum absolute atomic E-state index is 2.63. The summed E-state index contributed by atoms with van der Waals surface area (Å²) in [6.45, 7) is 5.81. The van der Waals surface area contributed by atoms with Gasteiger partial charge in [0.05, 0.1) is 0 Å². The lowest BCUT2D eigenvalue weighted by molar-refractivity contribution is 0.273. The third kappa shape index (κ3) is 14.9. The van der Waals surface area contributed by atoms with Gasteiger partial charge in [-0.1, -0.05) is 160 Å². The highest BCUT2D eigenvalue weighted by molar-refractivity contribution is 5.51. The molecule has 1 atom stereocenters. The van der Waals surface area contributed by atoms with Crippen molar-refractivity contribution in [2.75, 3.05) is 11.4 Å². The van der Waals surface area contributed by atoms with E-state index in [9.17, 15) is 0 Å². The summed E-state index contributed by atoms with van der Waals surface area (Å²) in [5.74, 6) is 0. The molecule has 37 heavy (non-hydrogen) atoms. The SMILES string of the molecule is CCCCCCCCCCCCCCCCCC1N(CCCCCCCCC)C=CN1c1ccccc1. The van der Waals surface area contributed by atoms with Crippen LogP contribution >= 0.6 is 0 Å². The number of benzene rings is 1. The molecule has 0 spiro atoms. The normalized spacial score (nSPS) is 15.2. The van der Waals surface area contributed by atoms with Crippen molar-refractivity contribution in [3.05, 3.63) is 42.7 Å². The minimum atomic E-state index is 0.504. The lowest BCUT2D eigenvalue weighted by Gasteiger charge is -2.33. The zero-order valence-corrected chi connectivity index (χ0v) is 25.0. The van der Waals surface area contributed by atoms with Gasteiger partial charge < -0.3 is 9.80 Å². The van der Waals surface area contributed by atoms with Crippen molar-refractivity contribution in [3.8, 4) is 0 Å². The van der Waals surface area contributed by atoms with Crippen LogP contribution in [0.4, 0.5) is 5.69 Å². The summed E-state index contributed by atoms with van der Waals surface area (Å²) in [6.07, 6.45) is 37.7. The van der Waals surface area contributed by atoms with Crippen LogP contribution in [0.5, 0.6) is 0 Å². The van der Waals surface area contributed by atoms with Crippen LogP contribution in [-0.4, -0.2) is 17.6 Å². The summed E-state index contributed by atoms with van der Waals surface area (Å²) >= 11 is 0. The molecule has 0 aromatic heterocycles. The van der Waals surface area contributed by atoms with Crippen LogP contribution in [0.25, 0.3) is 0 Å². The average Bonchev–Trinajstić information content (AvgIpc) is 3.33. The van der Waals surface area contributed by atoms with Crippen LogP contribution in [0.2, 0.25) is 0 Å². The second-order valence-electron chi connectivity index (χ2n) is 11.6. The lowest BCUT2D eigenvalue weighted by Crippen LogP contribution is -2.39. The van der Waals surface area contributed by atoms with Crippen molar-refractivity contribution in [3.63, 3.8) is 0 Å². The van der Waals surface area contributed by atoms with Crippen LogP contribution in [0.3, 0.4) is 0 Å². The van der Waals surface area contributed by atoms with Gasteiger partial charge >= 0.3 is 0 Å². The highest BCUT2D eigenvalue weighted by Crippen LogP contribution is 2.28. The number of nitrogens with zero attached hydrogens (tertiary/aromatic N) is 2. The fraction of sp³-hybridized carbons (Fsp3) is 0.771. The Balaban J connectivity index is 1.56. The molecule has 2 rings (SSSR count). The van der Waals surface area contributed by atoms with Crippen molar-refractivity contribution in [2.24, 2.45) is 0 Å². The Morgan fingerprint density at radius 2 is 0.919 bits per heavy atom. The first-order valence-corrected chi connectivity index (χ1v) is 16.6. The summed E-state index contributed by atoms with van der Waals surface area (Å²) < 4.78 is 0. The van der Waals surface area contributed by atoms with E-state index in [0.29, 0.717) is 6.17 Å². The molecule has 2 heteroatoms. The van der Waals surface area contributed by atoms with E-state index < -0.39 is 0 Å². The van der Waals surface area contributed by atoms with Crippen molar-refractivity contribution < 1.29 is 0 Å². The van der Waals surface area contributed by atoms with Crippen molar-refractivity contribution in [1.82, 2.24) is 4.90 Å². The molecule has 1 aromatic carbocycles. The van der Waals surface area contributed by atoms with Gasteiger partial charge in [0.25, 0.3) is 0 Å². The first-order chi connectivity index (χ1) is 18.4. The molecule has 0 amide bonds. The van der Waals surface area contributed by atoms with Crippen LogP contribution < -0.4 is 4.90 Å². The fourth-order valence-corrected chi connectivity index (χ4v) is 5.85. The summed E-state index contributed by atoms with van der Waals surface area (Å²) in [5.41, 5.74) is 1.34. The predicted octanol–water partition coefficient (Wildman–Crippen LogP) is 11.6. The van der Waals surface area contributed by atoms with E-state index >= 15 is 0 Å².